The summed E-state index contributed by atoms with van der Waals surface area (Å²) in [5.74, 6) is 0.778. The summed E-state index contributed by atoms with van der Waals surface area (Å²) >= 11 is 0. The molecule has 0 aliphatic rings. The molecule has 0 spiro atoms. The van der Waals surface area contributed by atoms with Crippen LogP contribution in [0.5, 0.6) is 0 Å². The van der Waals surface area contributed by atoms with E-state index >= 15 is 0 Å². The van der Waals surface area contributed by atoms with Gasteiger partial charge in [-0.3, -0.25) is 4.79 Å². The summed E-state index contributed by atoms with van der Waals surface area (Å²) in [6, 6.07) is 18.9. The standard InChI is InChI=1S/C22H17N5O3/c28-14-17-19(15-7-3-1-4-8-15)24-27-12-11-26(22(29)20(17)27)13-18-23-21(25-30-18)16-9-5-2-6-10-16/h1-12,28H,13-14H2. The number of hydrogen-bond acceptors (Lipinski definition) is 6. The number of fused-ring (bicyclic) bond motifs is 1. The fourth-order valence-electron chi connectivity index (χ4n) is 3.42. The van der Waals surface area contributed by atoms with Crippen molar-refractivity contribution in [2.24, 2.45) is 0 Å². The SMILES string of the molecule is O=c1c2c(CO)c(-c3ccccc3)nn2ccn1Cc1nc(-c2ccccc2)no1. The third-order valence-electron chi connectivity index (χ3n) is 4.87. The van der Waals surface area contributed by atoms with Crippen molar-refractivity contribution < 1.29 is 9.63 Å². The van der Waals surface area contributed by atoms with Gasteiger partial charge in [0.15, 0.2) is 0 Å². The highest BCUT2D eigenvalue weighted by atomic mass is 16.5. The van der Waals surface area contributed by atoms with Gasteiger partial charge in [0, 0.05) is 29.1 Å². The maximum absolute atomic E-state index is 13.1. The third-order valence-corrected chi connectivity index (χ3v) is 4.87. The molecule has 0 unspecified atom stereocenters. The van der Waals surface area contributed by atoms with Gasteiger partial charge in [0.2, 0.25) is 11.7 Å². The van der Waals surface area contributed by atoms with Crippen molar-refractivity contribution in [1.82, 2.24) is 24.3 Å². The van der Waals surface area contributed by atoms with E-state index in [1.807, 2.05) is 60.7 Å². The normalized spacial score (nSPS) is 11.2. The van der Waals surface area contributed by atoms with Crippen molar-refractivity contribution in [3.63, 3.8) is 0 Å². The Morgan fingerprint density at radius 1 is 0.933 bits per heavy atom. The lowest BCUT2D eigenvalue weighted by Gasteiger charge is -2.03. The second-order valence-corrected chi connectivity index (χ2v) is 6.75. The summed E-state index contributed by atoms with van der Waals surface area (Å²) in [5.41, 5.74) is 2.76. The Labute approximate surface area is 170 Å². The molecule has 0 saturated heterocycles. The lowest BCUT2D eigenvalue weighted by Crippen LogP contribution is -2.22. The van der Waals surface area contributed by atoms with Gasteiger partial charge < -0.3 is 14.2 Å². The van der Waals surface area contributed by atoms with E-state index < -0.39 is 0 Å². The van der Waals surface area contributed by atoms with Crippen molar-refractivity contribution in [3.05, 3.63) is 94.9 Å². The largest absolute Gasteiger partial charge is 0.392 e. The average Bonchev–Trinajstić information content (AvgIpc) is 3.42. The Balaban J connectivity index is 1.54. The van der Waals surface area contributed by atoms with E-state index in [2.05, 4.69) is 15.2 Å². The second-order valence-electron chi connectivity index (χ2n) is 6.75. The van der Waals surface area contributed by atoms with Crippen LogP contribution < -0.4 is 5.56 Å². The monoisotopic (exact) mass is 399 g/mol. The Morgan fingerprint density at radius 2 is 1.63 bits per heavy atom. The molecular formula is C22H17N5O3. The maximum Gasteiger partial charge on any atom is 0.277 e. The van der Waals surface area contributed by atoms with Crippen LogP contribution in [0.25, 0.3) is 28.2 Å². The van der Waals surface area contributed by atoms with Gasteiger partial charge in [0.05, 0.1) is 12.3 Å². The van der Waals surface area contributed by atoms with Crippen molar-refractivity contribution >= 4 is 5.52 Å². The molecule has 2 aromatic carbocycles. The van der Waals surface area contributed by atoms with Gasteiger partial charge in [0.25, 0.3) is 5.56 Å². The smallest absolute Gasteiger partial charge is 0.277 e. The third kappa shape index (κ3) is 3.09. The first-order valence-corrected chi connectivity index (χ1v) is 9.39. The zero-order valence-corrected chi connectivity index (χ0v) is 15.8. The molecule has 0 saturated carbocycles. The van der Waals surface area contributed by atoms with E-state index in [1.165, 1.54) is 9.08 Å². The van der Waals surface area contributed by atoms with Crippen LogP contribution >= 0.6 is 0 Å². The van der Waals surface area contributed by atoms with Gasteiger partial charge >= 0.3 is 0 Å². The molecule has 30 heavy (non-hydrogen) atoms. The van der Waals surface area contributed by atoms with Gasteiger partial charge in [-0.25, -0.2) is 4.52 Å². The van der Waals surface area contributed by atoms with E-state index in [9.17, 15) is 9.90 Å². The van der Waals surface area contributed by atoms with Crippen LogP contribution in [0, 0.1) is 0 Å². The van der Waals surface area contributed by atoms with E-state index in [4.69, 9.17) is 4.52 Å². The summed E-state index contributed by atoms with van der Waals surface area (Å²) in [7, 11) is 0. The van der Waals surface area contributed by atoms with Crippen molar-refractivity contribution in [2.45, 2.75) is 13.2 Å². The number of aliphatic hydroxyl groups is 1. The lowest BCUT2D eigenvalue weighted by atomic mass is 10.1. The summed E-state index contributed by atoms with van der Waals surface area (Å²) < 4.78 is 8.29. The van der Waals surface area contributed by atoms with Crippen LogP contribution in [-0.4, -0.2) is 29.4 Å². The van der Waals surface area contributed by atoms with Crippen molar-refractivity contribution in [3.8, 4) is 22.6 Å². The lowest BCUT2D eigenvalue weighted by molar-refractivity contribution is 0.283. The zero-order valence-electron chi connectivity index (χ0n) is 15.8. The highest BCUT2D eigenvalue weighted by molar-refractivity contribution is 5.72. The van der Waals surface area contributed by atoms with Crippen LogP contribution in [0.15, 0.2) is 82.4 Å². The quantitative estimate of drug-likeness (QED) is 0.488. The molecule has 8 heteroatoms. The van der Waals surface area contributed by atoms with Crippen LogP contribution in [0.4, 0.5) is 0 Å². The number of nitrogens with zero attached hydrogens (tertiary/aromatic N) is 5. The molecule has 5 aromatic rings. The molecule has 0 aliphatic carbocycles. The summed E-state index contributed by atoms with van der Waals surface area (Å²) in [5, 5.41) is 18.5. The highest BCUT2D eigenvalue weighted by Crippen LogP contribution is 2.24. The van der Waals surface area contributed by atoms with Gasteiger partial charge in [-0.15, -0.1) is 0 Å². The molecule has 3 aromatic heterocycles. The maximum atomic E-state index is 13.1. The van der Waals surface area contributed by atoms with Crippen molar-refractivity contribution in [1.29, 1.82) is 0 Å². The minimum Gasteiger partial charge on any atom is -0.392 e. The first-order valence-electron chi connectivity index (χ1n) is 9.39. The highest BCUT2D eigenvalue weighted by Gasteiger charge is 2.18. The van der Waals surface area contributed by atoms with Gasteiger partial charge in [-0.2, -0.15) is 10.1 Å². The molecule has 0 aliphatic heterocycles. The van der Waals surface area contributed by atoms with Gasteiger partial charge in [-0.1, -0.05) is 65.8 Å². The molecular weight excluding hydrogens is 382 g/mol. The Bertz CT molecular complexity index is 1370. The van der Waals surface area contributed by atoms with E-state index in [0.717, 1.165) is 11.1 Å². The van der Waals surface area contributed by atoms with E-state index in [0.29, 0.717) is 28.5 Å². The summed E-state index contributed by atoms with van der Waals surface area (Å²) in [6.45, 7) is -0.183. The first-order chi connectivity index (χ1) is 14.7. The second kappa shape index (κ2) is 7.41. The van der Waals surface area contributed by atoms with E-state index in [-0.39, 0.29) is 18.7 Å². The summed E-state index contributed by atoms with van der Waals surface area (Å²) in [6.07, 6.45) is 3.29. The molecule has 148 valence electrons. The minimum atomic E-state index is -0.300. The zero-order chi connectivity index (χ0) is 20.5. The molecule has 8 nitrogen and oxygen atoms in total. The molecule has 5 rings (SSSR count). The molecule has 1 N–H and O–H groups in total. The average molecular weight is 399 g/mol. The first kappa shape index (κ1) is 18.0. The molecule has 0 atom stereocenters. The topological polar surface area (TPSA) is 98.4 Å². The molecule has 0 radical (unpaired) electrons. The van der Waals surface area contributed by atoms with Crippen molar-refractivity contribution in [2.75, 3.05) is 0 Å². The minimum absolute atomic E-state index is 0.117. The van der Waals surface area contributed by atoms with Crippen LogP contribution in [0.1, 0.15) is 11.5 Å². The van der Waals surface area contributed by atoms with Gasteiger partial charge in [0.1, 0.15) is 12.1 Å². The fourth-order valence-corrected chi connectivity index (χ4v) is 3.42. The summed E-state index contributed by atoms with van der Waals surface area (Å²) in [4.78, 5) is 17.5. The van der Waals surface area contributed by atoms with E-state index in [1.54, 1.807) is 12.4 Å². The van der Waals surface area contributed by atoms with Crippen LogP contribution in [0.2, 0.25) is 0 Å². The predicted octanol–water partition coefficient (Wildman–Crippen LogP) is 2.75. The molecule has 0 fully saturated rings. The predicted molar refractivity (Wildman–Crippen MR) is 110 cm³/mol. The van der Waals surface area contributed by atoms with Gasteiger partial charge in [-0.05, 0) is 0 Å². The number of rotatable bonds is 5. The number of benzene rings is 2. The van der Waals surface area contributed by atoms with Crippen LogP contribution in [-0.2, 0) is 13.2 Å². The molecule has 0 bridgehead atoms. The molecule has 3 heterocycles. The molecule has 0 amide bonds. The fraction of sp³-hybridized carbons (Fsp3) is 0.0909. The Hall–Kier alpha value is -4.04. The Morgan fingerprint density at radius 3 is 2.33 bits per heavy atom. The Kier molecular flexibility index (Phi) is 4.45. The number of aliphatic hydroxyl groups excluding tert-OH is 1. The van der Waals surface area contributed by atoms with Crippen LogP contribution in [0.3, 0.4) is 0 Å². The number of aromatic nitrogens is 5. The number of hydrogen-bond donors (Lipinski definition) is 1.